The van der Waals surface area contributed by atoms with Crippen LogP contribution in [0.25, 0.3) is 0 Å². The van der Waals surface area contributed by atoms with Gasteiger partial charge in [0.2, 0.25) is 0 Å². The number of rotatable bonds is 9. The lowest BCUT2D eigenvalue weighted by Crippen LogP contribution is -2.49. The third kappa shape index (κ3) is 3.75. The summed E-state index contributed by atoms with van der Waals surface area (Å²) in [5, 5.41) is 0. The Morgan fingerprint density at radius 2 is 2.14 bits per heavy atom. The fourth-order valence-electron chi connectivity index (χ4n) is 2.32. The Morgan fingerprint density at radius 3 is 2.62 bits per heavy atom. The largest absolute Gasteiger partial charge is 0.467 e. The number of amides is 1. The smallest absolute Gasteiger partial charge is 0.329 e. The van der Waals surface area contributed by atoms with Gasteiger partial charge in [0, 0.05) is 0 Å². The van der Waals surface area contributed by atoms with Gasteiger partial charge in [-0.2, -0.15) is 11.8 Å². The number of esters is 1. The molecule has 0 aliphatic carbocycles. The second kappa shape index (κ2) is 8.02. The molecule has 0 saturated heterocycles. The Morgan fingerprint density at radius 1 is 1.52 bits per heavy atom. The predicted molar refractivity (Wildman–Crippen MR) is 86.5 cm³/mol. The maximum Gasteiger partial charge on any atom is 0.329 e. The maximum atomic E-state index is 12.7. The summed E-state index contributed by atoms with van der Waals surface area (Å²) in [6.45, 7) is 7.37. The van der Waals surface area contributed by atoms with Gasteiger partial charge in [-0.25, -0.2) is 4.79 Å². The molecule has 0 bridgehead atoms. The Balaban J connectivity index is 2.99. The summed E-state index contributed by atoms with van der Waals surface area (Å²) < 4.78 is 4.81. The highest BCUT2D eigenvalue weighted by Gasteiger charge is 2.46. The molecule has 1 unspecified atom stereocenters. The first kappa shape index (κ1) is 17.5. The number of ether oxygens (including phenoxy) is 1. The molecule has 1 rings (SSSR count). The van der Waals surface area contributed by atoms with Crippen LogP contribution in [-0.2, 0) is 14.3 Å². The second-order valence-corrected chi connectivity index (χ2v) is 5.78. The summed E-state index contributed by atoms with van der Waals surface area (Å²) in [5.41, 5.74) is -0.908. The third-order valence-electron chi connectivity index (χ3n) is 3.43. The van der Waals surface area contributed by atoms with Crippen molar-refractivity contribution < 1.29 is 14.3 Å². The van der Waals surface area contributed by atoms with Crippen LogP contribution in [0.1, 0.15) is 19.3 Å². The summed E-state index contributed by atoms with van der Waals surface area (Å²) in [6, 6.07) is -0.629. The van der Waals surface area contributed by atoms with Gasteiger partial charge in [0.15, 0.2) is 0 Å². The number of carbonyl (C=O) groups is 2. The molecular weight excluding hydrogens is 288 g/mol. The first-order valence-electron chi connectivity index (χ1n) is 6.73. The molecule has 1 heterocycles. The summed E-state index contributed by atoms with van der Waals surface area (Å²) in [6.07, 6.45) is 8.10. The number of thioether (sulfide) groups is 1. The van der Waals surface area contributed by atoms with Gasteiger partial charge in [-0.15, -0.1) is 13.2 Å². The van der Waals surface area contributed by atoms with Crippen molar-refractivity contribution in [1.82, 2.24) is 4.90 Å². The Kier molecular flexibility index (Phi) is 6.68. The average Bonchev–Trinajstić information content (AvgIpc) is 2.78. The van der Waals surface area contributed by atoms with E-state index >= 15 is 0 Å². The first-order chi connectivity index (χ1) is 10.1. The van der Waals surface area contributed by atoms with Crippen LogP contribution in [0.5, 0.6) is 0 Å². The molecule has 0 aromatic carbocycles. The topological polar surface area (TPSA) is 59.0 Å². The van der Waals surface area contributed by atoms with E-state index in [0.717, 1.165) is 5.75 Å². The van der Waals surface area contributed by atoms with E-state index in [0.29, 0.717) is 19.3 Å². The molecule has 1 aliphatic rings. The van der Waals surface area contributed by atoms with Crippen molar-refractivity contribution in [3.05, 3.63) is 25.3 Å². The zero-order chi connectivity index (χ0) is 15.9. The van der Waals surface area contributed by atoms with Crippen molar-refractivity contribution in [1.29, 1.82) is 0 Å². The number of nitrogens with zero attached hydrogens (tertiary/aromatic N) is 2. The van der Waals surface area contributed by atoms with Crippen molar-refractivity contribution in [2.75, 3.05) is 19.1 Å². The van der Waals surface area contributed by atoms with Crippen molar-refractivity contribution in [2.45, 2.75) is 30.8 Å². The van der Waals surface area contributed by atoms with E-state index in [1.807, 2.05) is 6.26 Å². The summed E-state index contributed by atoms with van der Waals surface area (Å²) in [4.78, 5) is 30.4. The zero-order valence-corrected chi connectivity index (χ0v) is 13.4. The van der Waals surface area contributed by atoms with Crippen molar-refractivity contribution >= 4 is 30.0 Å². The molecule has 1 amide bonds. The Bertz CT molecular complexity index is 438. The lowest BCUT2D eigenvalue weighted by Gasteiger charge is -2.28. The normalized spacial score (nSPS) is 17.6. The number of aliphatic imine (C=N–C) groups is 1. The SMILES string of the molecule is C=CCC1(CC=C)N=CN(C(CCSC)C(=O)OC)C1=O. The number of hydrogen-bond acceptors (Lipinski definition) is 5. The summed E-state index contributed by atoms with van der Waals surface area (Å²) >= 11 is 1.62. The molecule has 0 radical (unpaired) electrons. The Hall–Kier alpha value is -1.56. The van der Waals surface area contributed by atoms with Crippen LogP contribution in [0.3, 0.4) is 0 Å². The van der Waals surface area contributed by atoms with E-state index in [9.17, 15) is 9.59 Å². The van der Waals surface area contributed by atoms with E-state index in [1.165, 1.54) is 18.3 Å². The standard InChI is InChI=1S/C15H22N2O3S/c1-5-8-15(9-6-2)14(19)17(11-16-15)12(7-10-21-4)13(18)20-3/h5-6,11-12H,1-2,7-10H2,3-4H3. The number of hydrogen-bond donors (Lipinski definition) is 0. The van der Waals surface area contributed by atoms with Crippen molar-refractivity contribution in [3.63, 3.8) is 0 Å². The van der Waals surface area contributed by atoms with Gasteiger partial charge in [0.1, 0.15) is 11.6 Å². The fourth-order valence-corrected chi connectivity index (χ4v) is 2.78. The molecule has 1 aliphatic heterocycles. The van der Waals surface area contributed by atoms with Gasteiger partial charge in [-0.05, 0) is 31.3 Å². The molecule has 0 aromatic rings. The van der Waals surface area contributed by atoms with Crippen LogP contribution in [-0.4, -0.2) is 53.8 Å². The monoisotopic (exact) mass is 310 g/mol. The van der Waals surface area contributed by atoms with E-state index in [4.69, 9.17) is 4.74 Å². The zero-order valence-electron chi connectivity index (χ0n) is 12.6. The average molecular weight is 310 g/mol. The molecule has 21 heavy (non-hydrogen) atoms. The summed E-state index contributed by atoms with van der Waals surface area (Å²) in [5.74, 6) is 0.142. The second-order valence-electron chi connectivity index (χ2n) is 4.79. The molecule has 0 N–H and O–H groups in total. The Labute approximate surface area is 130 Å². The minimum absolute atomic E-state index is 0.196. The van der Waals surface area contributed by atoms with Crippen LogP contribution in [0.4, 0.5) is 0 Å². The number of methoxy groups -OCH3 is 1. The van der Waals surface area contributed by atoms with E-state index in [1.54, 1.807) is 23.9 Å². The van der Waals surface area contributed by atoms with Gasteiger partial charge in [-0.1, -0.05) is 12.2 Å². The van der Waals surface area contributed by atoms with E-state index < -0.39 is 17.6 Å². The quantitative estimate of drug-likeness (QED) is 0.483. The van der Waals surface area contributed by atoms with Crippen molar-refractivity contribution in [2.24, 2.45) is 4.99 Å². The van der Waals surface area contributed by atoms with Crippen LogP contribution in [0.15, 0.2) is 30.3 Å². The van der Waals surface area contributed by atoms with Crippen LogP contribution < -0.4 is 0 Å². The van der Waals surface area contributed by atoms with Gasteiger partial charge >= 0.3 is 5.97 Å². The van der Waals surface area contributed by atoms with E-state index in [2.05, 4.69) is 18.2 Å². The van der Waals surface area contributed by atoms with Crippen molar-refractivity contribution in [3.8, 4) is 0 Å². The molecule has 1 atom stereocenters. The molecule has 116 valence electrons. The minimum atomic E-state index is -0.908. The molecular formula is C15H22N2O3S. The lowest BCUT2D eigenvalue weighted by atomic mass is 9.91. The van der Waals surface area contributed by atoms with Crippen LogP contribution in [0.2, 0.25) is 0 Å². The van der Waals surface area contributed by atoms with Gasteiger partial charge in [0.25, 0.3) is 5.91 Å². The number of carbonyl (C=O) groups excluding carboxylic acids is 2. The lowest BCUT2D eigenvalue weighted by molar-refractivity contribution is -0.150. The first-order valence-corrected chi connectivity index (χ1v) is 8.12. The fraction of sp³-hybridized carbons (Fsp3) is 0.533. The highest BCUT2D eigenvalue weighted by molar-refractivity contribution is 7.98. The maximum absolute atomic E-state index is 12.7. The highest BCUT2D eigenvalue weighted by Crippen LogP contribution is 2.30. The molecule has 0 saturated carbocycles. The predicted octanol–water partition coefficient (Wildman–Crippen LogP) is 2.04. The molecule has 0 aromatic heterocycles. The minimum Gasteiger partial charge on any atom is -0.467 e. The molecule has 0 fully saturated rings. The molecule has 5 nitrogen and oxygen atoms in total. The van der Waals surface area contributed by atoms with Gasteiger partial charge in [-0.3, -0.25) is 14.7 Å². The van der Waals surface area contributed by atoms with Crippen LogP contribution >= 0.6 is 11.8 Å². The van der Waals surface area contributed by atoms with Crippen LogP contribution in [0, 0.1) is 0 Å². The van der Waals surface area contributed by atoms with E-state index in [-0.39, 0.29) is 5.91 Å². The molecule has 6 heteroatoms. The van der Waals surface area contributed by atoms with Gasteiger partial charge in [0.05, 0.1) is 13.4 Å². The van der Waals surface area contributed by atoms with Gasteiger partial charge < -0.3 is 4.74 Å². The molecule has 0 spiro atoms. The third-order valence-corrected chi connectivity index (χ3v) is 4.07. The summed E-state index contributed by atoms with van der Waals surface area (Å²) in [7, 11) is 1.33. The highest BCUT2D eigenvalue weighted by atomic mass is 32.2.